The van der Waals surface area contributed by atoms with Gasteiger partial charge in [0, 0.05) is 6.04 Å². The van der Waals surface area contributed by atoms with Gasteiger partial charge >= 0.3 is 5.97 Å². The third kappa shape index (κ3) is 3.47. The van der Waals surface area contributed by atoms with Crippen LogP contribution in [0, 0.1) is 5.92 Å². The molecule has 1 saturated carbocycles. The van der Waals surface area contributed by atoms with Gasteiger partial charge in [0.2, 0.25) is 0 Å². The second-order valence-electron chi connectivity index (χ2n) is 5.09. The molecule has 0 heterocycles. The lowest BCUT2D eigenvalue weighted by Gasteiger charge is -2.20. The van der Waals surface area contributed by atoms with Crippen LogP contribution < -0.4 is 5.32 Å². The second kappa shape index (κ2) is 5.40. The highest BCUT2D eigenvalue weighted by Gasteiger charge is 2.36. The first kappa shape index (κ1) is 12.9. The first-order valence-corrected chi connectivity index (χ1v) is 6.33. The molecule has 0 aromatic heterocycles. The summed E-state index contributed by atoms with van der Waals surface area (Å²) in [6.45, 7) is 1.99. The normalized spacial score (nSPS) is 18.3. The van der Waals surface area contributed by atoms with Crippen LogP contribution in [0.4, 0.5) is 0 Å². The van der Waals surface area contributed by atoms with Crippen LogP contribution in [0.15, 0.2) is 24.3 Å². The number of phenols is 1. The van der Waals surface area contributed by atoms with E-state index in [2.05, 4.69) is 5.32 Å². The van der Waals surface area contributed by atoms with Crippen LogP contribution in [0.3, 0.4) is 0 Å². The molecule has 98 valence electrons. The van der Waals surface area contributed by atoms with Crippen molar-refractivity contribution in [2.24, 2.45) is 5.92 Å². The van der Waals surface area contributed by atoms with Gasteiger partial charge in [-0.1, -0.05) is 12.1 Å². The maximum Gasteiger partial charge on any atom is 0.320 e. The summed E-state index contributed by atoms with van der Waals surface area (Å²) in [5.74, 6) is -0.208. The Balaban J connectivity index is 1.89. The smallest absolute Gasteiger partial charge is 0.320 e. The molecule has 0 amide bonds. The number of aliphatic carboxylic acids is 1. The van der Waals surface area contributed by atoms with Gasteiger partial charge in [-0.15, -0.1) is 0 Å². The van der Waals surface area contributed by atoms with E-state index < -0.39 is 12.0 Å². The average molecular weight is 249 g/mol. The van der Waals surface area contributed by atoms with Crippen LogP contribution in [0.1, 0.15) is 25.3 Å². The topological polar surface area (TPSA) is 69.6 Å². The molecule has 0 saturated heterocycles. The zero-order valence-electron chi connectivity index (χ0n) is 10.5. The lowest BCUT2D eigenvalue weighted by atomic mass is 10.0. The van der Waals surface area contributed by atoms with Crippen LogP contribution in [-0.2, 0) is 11.2 Å². The third-order valence-electron chi connectivity index (χ3n) is 3.30. The number of benzene rings is 1. The Hall–Kier alpha value is -1.55. The van der Waals surface area contributed by atoms with Crippen molar-refractivity contribution in [2.45, 2.75) is 38.3 Å². The average Bonchev–Trinajstić information content (AvgIpc) is 3.13. The van der Waals surface area contributed by atoms with Crippen LogP contribution in [-0.4, -0.2) is 28.3 Å². The number of nitrogens with one attached hydrogen (secondary N) is 1. The Morgan fingerprint density at radius 1 is 1.39 bits per heavy atom. The summed E-state index contributed by atoms with van der Waals surface area (Å²) in [4.78, 5) is 11.1. The van der Waals surface area contributed by atoms with E-state index in [0.29, 0.717) is 5.92 Å². The Morgan fingerprint density at radius 2 is 2.00 bits per heavy atom. The minimum Gasteiger partial charge on any atom is -0.508 e. The molecular formula is C14H19NO3. The predicted octanol–water partition coefficient (Wildman–Crippen LogP) is 1.78. The highest BCUT2D eigenvalue weighted by atomic mass is 16.4. The molecule has 2 atom stereocenters. The van der Waals surface area contributed by atoms with E-state index >= 15 is 0 Å². The number of carbonyl (C=O) groups is 1. The molecule has 0 aliphatic heterocycles. The van der Waals surface area contributed by atoms with Crippen molar-refractivity contribution in [3.63, 3.8) is 0 Å². The van der Waals surface area contributed by atoms with E-state index in [1.165, 1.54) is 0 Å². The molecular weight excluding hydrogens is 230 g/mol. The van der Waals surface area contributed by atoms with Gasteiger partial charge in [0.15, 0.2) is 0 Å². The Labute approximate surface area is 107 Å². The summed E-state index contributed by atoms with van der Waals surface area (Å²) in [5.41, 5.74) is 1.09. The SMILES string of the molecule is CC(Cc1ccc(O)cc1)NC(C(=O)O)C1CC1. The molecule has 1 aromatic carbocycles. The van der Waals surface area contributed by atoms with Gasteiger partial charge < -0.3 is 15.5 Å². The van der Waals surface area contributed by atoms with Gasteiger partial charge in [0.05, 0.1) is 0 Å². The Kier molecular flexibility index (Phi) is 3.87. The van der Waals surface area contributed by atoms with Gasteiger partial charge in [-0.25, -0.2) is 0 Å². The number of aromatic hydroxyl groups is 1. The van der Waals surface area contributed by atoms with Crippen LogP contribution in [0.25, 0.3) is 0 Å². The van der Waals surface area contributed by atoms with Crippen LogP contribution in [0.5, 0.6) is 5.75 Å². The number of rotatable bonds is 6. The van der Waals surface area contributed by atoms with Crippen molar-refractivity contribution in [1.29, 1.82) is 0 Å². The number of hydrogen-bond acceptors (Lipinski definition) is 3. The highest BCUT2D eigenvalue weighted by molar-refractivity contribution is 5.74. The maximum atomic E-state index is 11.1. The van der Waals surface area contributed by atoms with Crippen molar-refractivity contribution in [1.82, 2.24) is 5.32 Å². The van der Waals surface area contributed by atoms with Gasteiger partial charge in [0.25, 0.3) is 0 Å². The molecule has 1 aliphatic rings. The second-order valence-corrected chi connectivity index (χ2v) is 5.09. The Morgan fingerprint density at radius 3 is 2.50 bits per heavy atom. The zero-order valence-corrected chi connectivity index (χ0v) is 10.5. The standard InChI is InChI=1S/C14H19NO3/c1-9(8-10-2-6-12(16)7-3-10)15-13(14(17)18)11-4-5-11/h2-3,6-7,9,11,13,15-16H,4-5,8H2,1H3,(H,17,18). The fraction of sp³-hybridized carbons (Fsp3) is 0.500. The molecule has 2 rings (SSSR count). The number of carboxylic acids is 1. The van der Waals surface area contributed by atoms with Crippen molar-refractivity contribution in [3.05, 3.63) is 29.8 Å². The molecule has 18 heavy (non-hydrogen) atoms. The number of hydrogen-bond donors (Lipinski definition) is 3. The van der Waals surface area contributed by atoms with Crippen molar-refractivity contribution in [3.8, 4) is 5.75 Å². The largest absolute Gasteiger partial charge is 0.508 e. The molecule has 4 heteroatoms. The summed E-state index contributed by atoms with van der Waals surface area (Å²) >= 11 is 0. The quantitative estimate of drug-likeness (QED) is 0.718. The Bertz CT molecular complexity index is 412. The summed E-state index contributed by atoms with van der Waals surface area (Å²) in [7, 11) is 0. The van der Waals surface area contributed by atoms with Crippen molar-refractivity contribution in [2.75, 3.05) is 0 Å². The van der Waals surface area contributed by atoms with E-state index in [-0.39, 0.29) is 11.8 Å². The fourth-order valence-electron chi connectivity index (χ4n) is 2.19. The maximum absolute atomic E-state index is 11.1. The third-order valence-corrected chi connectivity index (χ3v) is 3.30. The lowest BCUT2D eigenvalue weighted by molar-refractivity contribution is -0.140. The minimum absolute atomic E-state index is 0.108. The lowest BCUT2D eigenvalue weighted by Crippen LogP contribution is -2.44. The number of carboxylic acid groups (broad SMARTS) is 1. The van der Waals surface area contributed by atoms with Gasteiger partial charge in [-0.2, -0.15) is 0 Å². The van der Waals surface area contributed by atoms with Crippen LogP contribution in [0.2, 0.25) is 0 Å². The summed E-state index contributed by atoms with van der Waals surface area (Å²) in [5, 5.41) is 21.5. The summed E-state index contributed by atoms with van der Waals surface area (Å²) in [6, 6.07) is 6.71. The van der Waals surface area contributed by atoms with E-state index in [4.69, 9.17) is 5.11 Å². The van der Waals surface area contributed by atoms with Gasteiger partial charge in [0.1, 0.15) is 11.8 Å². The van der Waals surface area contributed by atoms with E-state index in [0.717, 1.165) is 24.8 Å². The minimum atomic E-state index is -0.755. The highest BCUT2D eigenvalue weighted by Crippen LogP contribution is 2.33. The first-order chi connectivity index (χ1) is 8.56. The van der Waals surface area contributed by atoms with Gasteiger partial charge in [-0.05, 0) is 49.8 Å². The summed E-state index contributed by atoms with van der Waals surface area (Å²) in [6.07, 6.45) is 2.78. The van der Waals surface area contributed by atoms with Gasteiger partial charge in [-0.3, -0.25) is 4.79 Å². The van der Waals surface area contributed by atoms with Crippen LogP contribution >= 0.6 is 0 Å². The predicted molar refractivity (Wildman–Crippen MR) is 68.6 cm³/mol. The molecule has 2 unspecified atom stereocenters. The molecule has 3 N–H and O–H groups in total. The van der Waals surface area contributed by atoms with E-state index in [1.807, 2.05) is 19.1 Å². The monoisotopic (exact) mass is 249 g/mol. The van der Waals surface area contributed by atoms with E-state index in [1.54, 1.807) is 12.1 Å². The molecule has 0 spiro atoms. The van der Waals surface area contributed by atoms with E-state index in [9.17, 15) is 9.90 Å². The van der Waals surface area contributed by atoms with Crippen molar-refractivity contribution >= 4 is 5.97 Å². The first-order valence-electron chi connectivity index (χ1n) is 6.33. The fourth-order valence-corrected chi connectivity index (χ4v) is 2.19. The molecule has 1 aromatic rings. The number of phenolic OH excluding ortho intramolecular Hbond substituents is 1. The molecule has 0 radical (unpaired) electrons. The molecule has 1 aliphatic carbocycles. The zero-order chi connectivity index (χ0) is 13.1. The molecule has 0 bridgehead atoms. The summed E-state index contributed by atoms with van der Waals surface area (Å²) < 4.78 is 0. The van der Waals surface area contributed by atoms with Crippen molar-refractivity contribution < 1.29 is 15.0 Å². The molecule has 1 fully saturated rings. The molecule has 4 nitrogen and oxygen atoms in total.